The van der Waals surface area contributed by atoms with Gasteiger partial charge in [0.25, 0.3) is 5.91 Å². The van der Waals surface area contributed by atoms with Crippen molar-refractivity contribution in [3.63, 3.8) is 0 Å². The summed E-state index contributed by atoms with van der Waals surface area (Å²) in [5, 5.41) is 4.20. The van der Waals surface area contributed by atoms with Gasteiger partial charge in [0.1, 0.15) is 5.66 Å². The monoisotopic (exact) mass is 299 g/mol. The number of pyridine rings is 1. The number of nitrogens with one attached hydrogen (secondary N) is 1. The third-order valence-electron chi connectivity index (χ3n) is 4.32. The van der Waals surface area contributed by atoms with E-state index in [1.165, 1.54) is 0 Å². The number of fused-ring (bicyclic) bond motifs is 2. The molecule has 0 spiro atoms. The maximum Gasteiger partial charge on any atom is 0.257 e. The highest BCUT2D eigenvalue weighted by atomic mass is 35.5. The molecule has 1 aromatic carbocycles. The highest BCUT2D eigenvalue weighted by Gasteiger charge is 2.49. The van der Waals surface area contributed by atoms with Crippen LogP contribution in [-0.2, 0) is 12.1 Å². The van der Waals surface area contributed by atoms with Gasteiger partial charge in [0.05, 0.1) is 11.3 Å². The summed E-state index contributed by atoms with van der Waals surface area (Å²) in [5.74, 6) is 0.0456. The number of hydrogen-bond acceptors (Lipinski definition) is 3. The molecule has 21 heavy (non-hydrogen) atoms. The highest BCUT2D eigenvalue weighted by Crippen LogP contribution is 2.38. The molecule has 4 rings (SSSR count). The summed E-state index contributed by atoms with van der Waals surface area (Å²) in [6.45, 7) is 1.48. The quantitative estimate of drug-likeness (QED) is 0.878. The molecule has 1 fully saturated rings. The van der Waals surface area contributed by atoms with Gasteiger partial charge in [-0.2, -0.15) is 0 Å². The molecule has 3 heterocycles. The first kappa shape index (κ1) is 12.8. The Morgan fingerprint density at radius 2 is 2.05 bits per heavy atom. The van der Waals surface area contributed by atoms with Crippen LogP contribution in [0.15, 0.2) is 42.6 Å². The largest absolute Gasteiger partial charge is 0.314 e. The molecule has 2 aliphatic rings. The number of aromatic nitrogens is 1. The molecule has 0 unspecified atom stereocenters. The lowest BCUT2D eigenvalue weighted by atomic mass is 9.87. The summed E-state index contributed by atoms with van der Waals surface area (Å²) in [7, 11) is 0. The SMILES string of the molecule is O=C1c2cccnc2C[C@]2(c3ccc(Cl)cc3)NCCN12. The Morgan fingerprint density at radius 3 is 2.86 bits per heavy atom. The Bertz CT molecular complexity index is 716. The number of carbonyl (C=O) groups is 1. The van der Waals surface area contributed by atoms with E-state index >= 15 is 0 Å². The lowest BCUT2D eigenvalue weighted by Gasteiger charge is -2.42. The summed E-state index contributed by atoms with van der Waals surface area (Å²) in [6.07, 6.45) is 2.42. The van der Waals surface area contributed by atoms with Crippen LogP contribution < -0.4 is 5.32 Å². The molecule has 0 bridgehead atoms. The van der Waals surface area contributed by atoms with Gasteiger partial charge < -0.3 is 4.90 Å². The third-order valence-corrected chi connectivity index (χ3v) is 4.58. The van der Waals surface area contributed by atoms with E-state index in [9.17, 15) is 4.79 Å². The van der Waals surface area contributed by atoms with Crippen molar-refractivity contribution in [1.82, 2.24) is 15.2 Å². The predicted molar refractivity (Wildman–Crippen MR) is 80.1 cm³/mol. The Labute approximate surface area is 127 Å². The van der Waals surface area contributed by atoms with Gasteiger partial charge in [0.15, 0.2) is 0 Å². The van der Waals surface area contributed by atoms with Crippen molar-refractivity contribution in [2.24, 2.45) is 0 Å². The van der Waals surface area contributed by atoms with Gasteiger partial charge in [0, 0.05) is 30.7 Å². The summed E-state index contributed by atoms with van der Waals surface area (Å²) in [5.41, 5.74) is 2.12. The topological polar surface area (TPSA) is 45.2 Å². The fourth-order valence-electron chi connectivity index (χ4n) is 3.34. The third kappa shape index (κ3) is 1.79. The number of hydrogen-bond donors (Lipinski definition) is 1. The molecule has 1 aromatic heterocycles. The molecule has 1 atom stereocenters. The molecule has 1 saturated heterocycles. The molecule has 1 amide bonds. The number of amides is 1. The van der Waals surface area contributed by atoms with Gasteiger partial charge in [-0.3, -0.25) is 15.1 Å². The van der Waals surface area contributed by atoms with Gasteiger partial charge in [-0.1, -0.05) is 23.7 Å². The van der Waals surface area contributed by atoms with Gasteiger partial charge in [-0.25, -0.2) is 0 Å². The summed E-state index contributed by atoms with van der Waals surface area (Å²) >= 11 is 5.99. The fourth-order valence-corrected chi connectivity index (χ4v) is 3.47. The van der Waals surface area contributed by atoms with Crippen molar-refractivity contribution in [1.29, 1.82) is 0 Å². The Kier molecular flexibility index (Phi) is 2.77. The smallest absolute Gasteiger partial charge is 0.257 e. The lowest BCUT2D eigenvalue weighted by Crippen LogP contribution is -2.55. The predicted octanol–water partition coefficient (Wildman–Crippen LogP) is 2.19. The van der Waals surface area contributed by atoms with E-state index in [2.05, 4.69) is 10.3 Å². The van der Waals surface area contributed by atoms with Crippen LogP contribution in [0.2, 0.25) is 5.02 Å². The normalized spacial score (nSPS) is 23.9. The summed E-state index contributed by atoms with van der Waals surface area (Å²) in [4.78, 5) is 19.1. The molecule has 0 saturated carbocycles. The molecule has 106 valence electrons. The van der Waals surface area contributed by atoms with E-state index in [1.54, 1.807) is 6.20 Å². The first-order valence-corrected chi connectivity index (χ1v) is 7.35. The van der Waals surface area contributed by atoms with Crippen LogP contribution >= 0.6 is 11.6 Å². The molecule has 1 N–H and O–H groups in total. The number of carbonyl (C=O) groups excluding carboxylic acids is 1. The average molecular weight is 300 g/mol. The molecule has 4 nitrogen and oxygen atoms in total. The lowest BCUT2D eigenvalue weighted by molar-refractivity contribution is 0.0498. The molecule has 2 aliphatic heterocycles. The van der Waals surface area contributed by atoms with Gasteiger partial charge in [-0.05, 0) is 29.8 Å². The second-order valence-electron chi connectivity index (χ2n) is 5.43. The molecule has 0 aliphatic carbocycles. The van der Waals surface area contributed by atoms with E-state index in [0.717, 1.165) is 17.8 Å². The molecule has 5 heteroatoms. The van der Waals surface area contributed by atoms with Crippen LogP contribution in [0.4, 0.5) is 0 Å². The van der Waals surface area contributed by atoms with Crippen LogP contribution in [0.25, 0.3) is 0 Å². The Hall–Kier alpha value is -1.91. The van der Waals surface area contributed by atoms with Crippen molar-refractivity contribution in [2.45, 2.75) is 12.1 Å². The van der Waals surface area contributed by atoms with E-state index < -0.39 is 5.66 Å². The van der Waals surface area contributed by atoms with Crippen LogP contribution in [0, 0.1) is 0 Å². The van der Waals surface area contributed by atoms with Crippen LogP contribution in [-0.4, -0.2) is 28.9 Å². The second kappa shape index (κ2) is 4.55. The van der Waals surface area contributed by atoms with Crippen molar-refractivity contribution in [2.75, 3.05) is 13.1 Å². The van der Waals surface area contributed by atoms with Crippen molar-refractivity contribution < 1.29 is 4.79 Å². The Morgan fingerprint density at radius 1 is 1.24 bits per heavy atom. The number of nitrogens with zero attached hydrogens (tertiary/aromatic N) is 2. The van der Waals surface area contributed by atoms with Gasteiger partial charge in [-0.15, -0.1) is 0 Å². The maximum absolute atomic E-state index is 12.8. The number of rotatable bonds is 1. The zero-order valence-corrected chi connectivity index (χ0v) is 12.1. The maximum atomic E-state index is 12.8. The summed E-state index contributed by atoms with van der Waals surface area (Å²) in [6, 6.07) is 11.4. The first-order chi connectivity index (χ1) is 10.2. The molecular formula is C16H14ClN3O. The van der Waals surface area contributed by atoms with Crippen LogP contribution in [0.1, 0.15) is 21.6 Å². The van der Waals surface area contributed by atoms with Crippen molar-refractivity contribution in [3.8, 4) is 0 Å². The Balaban J connectivity index is 1.88. The summed E-state index contributed by atoms with van der Waals surface area (Å²) < 4.78 is 0. The minimum atomic E-state index is -0.497. The molecule has 0 radical (unpaired) electrons. The standard InChI is InChI=1S/C16H14ClN3O/c17-12-5-3-11(4-6-12)16-10-14-13(2-1-7-18-14)15(21)20(16)9-8-19-16/h1-7,19H,8-10H2/t16-/m0/s1. The first-order valence-electron chi connectivity index (χ1n) is 6.98. The minimum absolute atomic E-state index is 0.0456. The van der Waals surface area contributed by atoms with E-state index in [-0.39, 0.29) is 5.91 Å². The highest BCUT2D eigenvalue weighted by molar-refractivity contribution is 6.30. The second-order valence-corrected chi connectivity index (χ2v) is 5.86. The average Bonchev–Trinajstić information content (AvgIpc) is 2.93. The van der Waals surface area contributed by atoms with Crippen LogP contribution in [0.5, 0.6) is 0 Å². The zero-order valence-electron chi connectivity index (χ0n) is 11.3. The molecule has 2 aromatic rings. The van der Waals surface area contributed by atoms with Gasteiger partial charge >= 0.3 is 0 Å². The van der Waals surface area contributed by atoms with E-state index in [1.807, 2.05) is 41.3 Å². The van der Waals surface area contributed by atoms with E-state index in [0.29, 0.717) is 23.6 Å². The van der Waals surface area contributed by atoms with E-state index in [4.69, 9.17) is 11.6 Å². The number of benzene rings is 1. The number of halogens is 1. The molecular weight excluding hydrogens is 286 g/mol. The van der Waals surface area contributed by atoms with Crippen molar-refractivity contribution in [3.05, 3.63) is 64.4 Å². The van der Waals surface area contributed by atoms with Gasteiger partial charge in [0.2, 0.25) is 0 Å². The minimum Gasteiger partial charge on any atom is -0.314 e. The fraction of sp³-hybridized carbons (Fsp3) is 0.250. The van der Waals surface area contributed by atoms with Crippen LogP contribution in [0.3, 0.4) is 0 Å². The van der Waals surface area contributed by atoms with Crippen molar-refractivity contribution >= 4 is 17.5 Å². The zero-order chi connectivity index (χ0) is 14.4.